The lowest BCUT2D eigenvalue weighted by Gasteiger charge is -2.32. The zero-order valence-electron chi connectivity index (χ0n) is 16.4. The Bertz CT molecular complexity index is 918. The first-order chi connectivity index (χ1) is 13.9. The second-order valence-corrected chi connectivity index (χ2v) is 9.68. The van der Waals surface area contributed by atoms with Gasteiger partial charge >= 0.3 is 5.97 Å². The quantitative estimate of drug-likeness (QED) is 0.586. The summed E-state index contributed by atoms with van der Waals surface area (Å²) in [5, 5.41) is 3.67. The molecule has 0 bridgehead atoms. The molecule has 3 heterocycles. The van der Waals surface area contributed by atoms with E-state index < -0.39 is 16.0 Å². The van der Waals surface area contributed by atoms with Gasteiger partial charge in [0.2, 0.25) is 10.0 Å². The third kappa shape index (κ3) is 5.64. The van der Waals surface area contributed by atoms with Crippen LogP contribution in [0.1, 0.15) is 30.8 Å². The highest BCUT2D eigenvalue weighted by Crippen LogP contribution is 2.31. The molecular weight excluding hydrogens is 418 g/mol. The number of nitrogens with zero attached hydrogens (tertiary/aromatic N) is 2. The molecule has 29 heavy (non-hydrogen) atoms. The Morgan fingerprint density at radius 3 is 2.86 bits per heavy atom. The van der Waals surface area contributed by atoms with Crippen LogP contribution >= 0.6 is 11.3 Å². The first-order valence-corrected chi connectivity index (χ1v) is 11.8. The Morgan fingerprint density at radius 2 is 2.14 bits per heavy atom. The number of carbonyl (C=O) groups excluding carboxylic acids is 1. The molecule has 3 rings (SSSR count). The van der Waals surface area contributed by atoms with E-state index in [9.17, 15) is 13.2 Å². The van der Waals surface area contributed by atoms with Gasteiger partial charge < -0.3 is 14.0 Å². The molecular formula is C18H25N3O6S2. The smallest absolute Gasteiger partial charge is 0.360 e. The van der Waals surface area contributed by atoms with Gasteiger partial charge in [0.25, 0.3) is 0 Å². The number of thiophene rings is 1. The minimum atomic E-state index is -3.62. The largest absolute Gasteiger partial charge is 0.461 e. The molecule has 0 aromatic carbocycles. The fraction of sp³-hybridized carbons (Fsp3) is 0.556. The van der Waals surface area contributed by atoms with Gasteiger partial charge in [0.05, 0.1) is 24.7 Å². The van der Waals surface area contributed by atoms with Crippen molar-refractivity contribution in [3.8, 4) is 10.6 Å². The van der Waals surface area contributed by atoms with E-state index in [2.05, 4.69) is 21.7 Å². The minimum Gasteiger partial charge on any atom is -0.461 e. The molecule has 0 saturated carbocycles. The molecule has 9 nitrogen and oxygen atoms in total. The molecule has 0 radical (unpaired) electrons. The minimum absolute atomic E-state index is 0.0508. The van der Waals surface area contributed by atoms with Gasteiger partial charge in [-0.2, -0.15) is 0 Å². The Balaban J connectivity index is 1.57. The third-order valence-corrected chi connectivity index (χ3v) is 7.66. The summed E-state index contributed by atoms with van der Waals surface area (Å²) >= 11 is 1.05. The summed E-state index contributed by atoms with van der Waals surface area (Å²) in [7, 11) is -3.62. The van der Waals surface area contributed by atoms with Crippen molar-refractivity contribution in [1.29, 1.82) is 0 Å². The second-order valence-electron chi connectivity index (χ2n) is 6.60. The topological polar surface area (TPSA) is 111 Å². The average molecular weight is 444 g/mol. The number of hydrogen-bond acceptors (Lipinski definition) is 9. The zero-order valence-corrected chi connectivity index (χ0v) is 18.1. The molecule has 0 spiro atoms. The van der Waals surface area contributed by atoms with Crippen molar-refractivity contribution >= 4 is 27.3 Å². The van der Waals surface area contributed by atoms with Crippen LogP contribution in [0.4, 0.5) is 0 Å². The number of sulfonamides is 1. The van der Waals surface area contributed by atoms with Gasteiger partial charge in [-0.05, 0) is 32.4 Å². The number of morpholine rings is 1. The second kappa shape index (κ2) is 9.81. The van der Waals surface area contributed by atoms with Crippen molar-refractivity contribution in [2.24, 2.45) is 0 Å². The maximum absolute atomic E-state index is 12.6. The monoisotopic (exact) mass is 443 g/mol. The van der Waals surface area contributed by atoms with Crippen molar-refractivity contribution < 1.29 is 27.2 Å². The highest BCUT2D eigenvalue weighted by Gasteiger charge is 2.22. The molecule has 1 atom stereocenters. The van der Waals surface area contributed by atoms with E-state index in [-0.39, 0.29) is 22.6 Å². The maximum atomic E-state index is 12.6. The number of rotatable bonds is 9. The normalized spacial score (nSPS) is 16.6. The zero-order chi connectivity index (χ0) is 20.9. The number of esters is 1. The molecule has 0 unspecified atom stereocenters. The molecule has 2 aromatic heterocycles. The standard InChI is InChI=1S/C18H25N3O6S2/c1-3-26-18(22)14-12-15(27-20-14)16-4-5-17(28-16)29(23,24)19-7-6-13(2)21-8-10-25-11-9-21/h4-5,12-13,19H,3,6-11H2,1-2H3/t13-/m0/s1. The van der Waals surface area contributed by atoms with E-state index >= 15 is 0 Å². The molecule has 1 aliphatic rings. The molecule has 0 amide bonds. The van der Waals surface area contributed by atoms with Gasteiger partial charge in [-0.3, -0.25) is 4.90 Å². The number of aromatic nitrogens is 1. The van der Waals surface area contributed by atoms with Crippen molar-refractivity contribution in [3.05, 3.63) is 23.9 Å². The average Bonchev–Trinajstić information content (AvgIpc) is 3.38. The summed E-state index contributed by atoms with van der Waals surface area (Å²) < 4.78 is 43.4. The summed E-state index contributed by atoms with van der Waals surface area (Å²) in [6, 6.07) is 4.86. The first-order valence-electron chi connectivity index (χ1n) is 9.46. The van der Waals surface area contributed by atoms with E-state index in [1.807, 2.05) is 0 Å². The van der Waals surface area contributed by atoms with Gasteiger partial charge in [-0.1, -0.05) is 5.16 Å². The summed E-state index contributed by atoms with van der Waals surface area (Å²) in [6.07, 6.45) is 0.711. The van der Waals surface area contributed by atoms with Crippen molar-refractivity contribution in [2.75, 3.05) is 39.5 Å². The van der Waals surface area contributed by atoms with Gasteiger partial charge in [0.15, 0.2) is 11.5 Å². The van der Waals surface area contributed by atoms with E-state index in [0.717, 1.165) is 24.4 Å². The van der Waals surface area contributed by atoms with E-state index in [1.54, 1.807) is 13.0 Å². The molecule has 11 heteroatoms. The number of carbonyl (C=O) groups is 1. The molecule has 1 saturated heterocycles. The third-order valence-electron chi connectivity index (χ3n) is 4.61. The Morgan fingerprint density at radius 1 is 1.38 bits per heavy atom. The van der Waals surface area contributed by atoms with Gasteiger partial charge in [0.1, 0.15) is 4.21 Å². The van der Waals surface area contributed by atoms with E-state index in [4.69, 9.17) is 14.0 Å². The van der Waals surface area contributed by atoms with Gasteiger partial charge in [-0.15, -0.1) is 11.3 Å². The maximum Gasteiger partial charge on any atom is 0.360 e. The van der Waals surface area contributed by atoms with Crippen molar-refractivity contribution in [3.63, 3.8) is 0 Å². The summed E-state index contributed by atoms with van der Waals surface area (Å²) in [5.74, 6) is -0.261. The predicted octanol–water partition coefficient (Wildman–Crippen LogP) is 1.97. The first kappa shape index (κ1) is 21.9. The molecule has 0 aliphatic carbocycles. The number of hydrogen-bond donors (Lipinski definition) is 1. The molecule has 160 valence electrons. The molecule has 1 N–H and O–H groups in total. The van der Waals surface area contributed by atoms with Crippen LogP contribution in [-0.2, 0) is 19.5 Å². The van der Waals surface area contributed by atoms with Crippen LogP contribution in [0.15, 0.2) is 26.9 Å². The van der Waals surface area contributed by atoms with Gasteiger partial charge in [0, 0.05) is 31.7 Å². The van der Waals surface area contributed by atoms with Crippen LogP contribution in [0.3, 0.4) is 0 Å². The summed E-state index contributed by atoms with van der Waals surface area (Å²) in [6.45, 7) is 7.54. The fourth-order valence-electron chi connectivity index (χ4n) is 2.96. The summed E-state index contributed by atoms with van der Waals surface area (Å²) in [4.78, 5) is 14.5. The van der Waals surface area contributed by atoms with Crippen LogP contribution < -0.4 is 4.72 Å². The molecule has 2 aromatic rings. The Kier molecular flexibility index (Phi) is 7.41. The number of ether oxygens (including phenoxy) is 2. The lowest BCUT2D eigenvalue weighted by atomic mass is 10.2. The number of nitrogens with one attached hydrogen (secondary N) is 1. The van der Waals surface area contributed by atoms with Crippen LogP contribution in [0.5, 0.6) is 0 Å². The highest BCUT2D eigenvalue weighted by molar-refractivity contribution is 7.91. The van der Waals surface area contributed by atoms with E-state index in [0.29, 0.717) is 36.8 Å². The molecule has 1 fully saturated rings. The highest BCUT2D eigenvalue weighted by atomic mass is 32.2. The van der Waals surface area contributed by atoms with Crippen LogP contribution in [0.2, 0.25) is 0 Å². The van der Waals surface area contributed by atoms with Crippen LogP contribution in [0.25, 0.3) is 10.6 Å². The Labute approximate surface area is 174 Å². The Hall–Kier alpha value is -1.79. The van der Waals surface area contributed by atoms with Crippen LogP contribution in [0, 0.1) is 0 Å². The predicted molar refractivity (Wildman–Crippen MR) is 107 cm³/mol. The van der Waals surface area contributed by atoms with Gasteiger partial charge in [-0.25, -0.2) is 17.9 Å². The van der Waals surface area contributed by atoms with E-state index in [1.165, 1.54) is 12.1 Å². The van der Waals surface area contributed by atoms with Crippen LogP contribution in [-0.4, -0.2) is 69.9 Å². The summed E-state index contributed by atoms with van der Waals surface area (Å²) in [5.41, 5.74) is 0.0508. The fourth-order valence-corrected chi connectivity index (χ4v) is 5.31. The lowest BCUT2D eigenvalue weighted by molar-refractivity contribution is 0.0190. The lowest BCUT2D eigenvalue weighted by Crippen LogP contribution is -2.43. The van der Waals surface area contributed by atoms with Crippen molar-refractivity contribution in [1.82, 2.24) is 14.8 Å². The SMILES string of the molecule is CCOC(=O)c1cc(-c2ccc(S(=O)(=O)NCC[C@H](C)N3CCOCC3)s2)on1. The van der Waals surface area contributed by atoms with Crippen molar-refractivity contribution in [2.45, 2.75) is 30.5 Å². The molecule has 1 aliphatic heterocycles.